The van der Waals surface area contributed by atoms with Crippen molar-refractivity contribution >= 4 is 11.6 Å². The molecule has 132 valence electrons. The molecule has 0 radical (unpaired) electrons. The van der Waals surface area contributed by atoms with E-state index in [-0.39, 0.29) is 17.6 Å². The third kappa shape index (κ3) is 4.23. The van der Waals surface area contributed by atoms with Gasteiger partial charge in [0, 0.05) is 30.1 Å². The zero-order chi connectivity index (χ0) is 17.6. The lowest BCUT2D eigenvalue weighted by atomic mass is 9.96. The van der Waals surface area contributed by atoms with Gasteiger partial charge in [-0.2, -0.15) is 0 Å². The van der Waals surface area contributed by atoms with Gasteiger partial charge < -0.3 is 9.88 Å². The minimum Gasteiger partial charge on any atom is -0.349 e. The molecule has 0 unspecified atom stereocenters. The maximum absolute atomic E-state index is 12.5. The Bertz CT molecular complexity index is 735. The van der Waals surface area contributed by atoms with Crippen LogP contribution in [0.2, 0.25) is 0 Å². The fraction of sp³-hybridized carbons (Fsp3) is 0.444. The smallest absolute Gasteiger partial charge is 0.294 e. The Morgan fingerprint density at radius 3 is 2.56 bits per heavy atom. The van der Waals surface area contributed by atoms with Gasteiger partial charge in [0.05, 0.1) is 11.3 Å². The number of hydrogen-bond donors (Lipinski definition) is 1. The number of nitro benzene ring substituents is 1. The number of nitro groups is 1. The Hall–Kier alpha value is -2.70. The number of carbonyl (C=O) groups excluding carboxylic acids is 1. The summed E-state index contributed by atoms with van der Waals surface area (Å²) >= 11 is 0. The fourth-order valence-corrected chi connectivity index (χ4v) is 3.30. The first kappa shape index (κ1) is 17.1. The molecule has 0 spiro atoms. The third-order valence-corrected chi connectivity index (χ3v) is 4.66. The minimum absolute atomic E-state index is 0.108. The van der Waals surface area contributed by atoms with Crippen LogP contribution < -0.4 is 5.32 Å². The lowest BCUT2D eigenvalue weighted by Gasteiger charge is -2.21. The molecule has 1 aliphatic rings. The highest BCUT2D eigenvalue weighted by atomic mass is 16.6. The molecular formula is C18H22N4O3. The van der Waals surface area contributed by atoms with Gasteiger partial charge in [-0.05, 0) is 25.0 Å². The molecule has 7 nitrogen and oxygen atoms in total. The molecule has 2 aromatic rings. The number of imidazole rings is 1. The van der Waals surface area contributed by atoms with E-state index in [9.17, 15) is 14.9 Å². The van der Waals surface area contributed by atoms with E-state index in [1.54, 1.807) is 29.1 Å². The molecule has 1 N–H and O–H groups in total. The van der Waals surface area contributed by atoms with Gasteiger partial charge in [-0.25, -0.2) is 4.98 Å². The molecule has 25 heavy (non-hydrogen) atoms. The summed E-state index contributed by atoms with van der Waals surface area (Å²) in [6, 6.07) is 4.71. The quantitative estimate of drug-likeness (QED) is 0.678. The fourth-order valence-electron chi connectivity index (χ4n) is 3.30. The van der Waals surface area contributed by atoms with E-state index in [0.29, 0.717) is 11.3 Å². The molecule has 0 saturated heterocycles. The topological polar surface area (TPSA) is 90.1 Å². The third-order valence-electron chi connectivity index (χ3n) is 4.66. The van der Waals surface area contributed by atoms with Crippen LogP contribution in [0.5, 0.6) is 0 Å². The highest BCUT2D eigenvalue weighted by molar-refractivity contribution is 5.95. The van der Waals surface area contributed by atoms with Gasteiger partial charge in [0.1, 0.15) is 5.69 Å². The lowest BCUT2D eigenvalue weighted by molar-refractivity contribution is -0.384. The average molecular weight is 342 g/mol. The van der Waals surface area contributed by atoms with Gasteiger partial charge in [-0.3, -0.25) is 14.9 Å². The van der Waals surface area contributed by atoms with Gasteiger partial charge >= 0.3 is 0 Å². The van der Waals surface area contributed by atoms with E-state index in [1.807, 2.05) is 0 Å². The Morgan fingerprint density at radius 1 is 1.20 bits per heavy atom. The van der Waals surface area contributed by atoms with Crippen LogP contribution in [0.1, 0.15) is 55.3 Å². The van der Waals surface area contributed by atoms with Crippen LogP contribution in [-0.4, -0.2) is 26.4 Å². The predicted octanol–water partition coefficient (Wildman–Crippen LogP) is 3.62. The van der Waals surface area contributed by atoms with Gasteiger partial charge in [-0.1, -0.05) is 32.1 Å². The van der Waals surface area contributed by atoms with Crippen molar-refractivity contribution in [1.82, 2.24) is 14.9 Å². The van der Waals surface area contributed by atoms with E-state index in [2.05, 4.69) is 10.3 Å². The van der Waals surface area contributed by atoms with Crippen LogP contribution in [-0.2, 0) is 0 Å². The summed E-state index contributed by atoms with van der Waals surface area (Å²) in [7, 11) is 0. The molecule has 7 heteroatoms. The first-order valence-electron chi connectivity index (χ1n) is 8.73. The van der Waals surface area contributed by atoms with E-state index in [4.69, 9.17) is 0 Å². The van der Waals surface area contributed by atoms with Gasteiger partial charge in [0.2, 0.25) is 0 Å². The molecule has 1 amide bonds. The maximum atomic E-state index is 12.5. The number of nitrogens with zero attached hydrogens (tertiary/aromatic N) is 3. The number of rotatable bonds is 4. The predicted molar refractivity (Wildman–Crippen MR) is 93.8 cm³/mol. The first-order valence-corrected chi connectivity index (χ1v) is 8.73. The molecule has 1 heterocycles. The Balaban J connectivity index is 1.78. The average Bonchev–Trinajstić information content (AvgIpc) is 3.11. The summed E-state index contributed by atoms with van der Waals surface area (Å²) in [5.41, 5.74) is 0.603. The number of carbonyl (C=O) groups is 1. The first-order chi connectivity index (χ1) is 12.1. The van der Waals surface area contributed by atoms with Crippen molar-refractivity contribution in [2.45, 2.75) is 51.0 Å². The van der Waals surface area contributed by atoms with Gasteiger partial charge in [0.25, 0.3) is 11.6 Å². The van der Waals surface area contributed by atoms with E-state index in [0.717, 1.165) is 25.7 Å². The summed E-state index contributed by atoms with van der Waals surface area (Å²) < 4.78 is 1.56. The second-order valence-corrected chi connectivity index (χ2v) is 6.45. The summed E-state index contributed by atoms with van der Waals surface area (Å²) in [6.45, 7) is 0. The monoisotopic (exact) mass is 342 g/mol. The van der Waals surface area contributed by atoms with Crippen LogP contribution in [0.25, 0.3) is 5.69 Å². The zero-order valence-corrected chi connectivity index (χ0v) is 14.1. The minimum atomic E-state index is -0.470. The standard InChI is InChI=1S/C18H22N4O3/c23-18(20-15-6-4-2-1-3-5-7-15)14-8-9-16(17(12-14)22(24)25)21-11-10-19-13-21/h8-13,15H,1-7H2,(H,20,23). The van der Waals surface area contributed by atoms with Crippen molar-refractivity contribution in [1.29, 1.82) is 0 Å². The molecular weight excluding hydrogens is 320 g/mol. The highest BCUT2D eigenvalue weighted by Crippen LogP contribution is 2.24. The van der Waals surface area contributed by atoms with Crippen LogP contribution in [0.4, 0.5) is 5.69 Å². The normalized spacial score (nSPS) is 16.0. The van der Waals surface area contributed by atoms with Crippen LogP contribution >= 0.6 is 0 Å². The number of amides is 1. The zero-order valence-electron chi connectivity index (χ0n) is 14.1. The van der Waals surface area contributed by atoms with Crippen molar-refractivity contribution in [3.8, 4) is 5.69 Å². The van der Waals surface area contributed by atoms with Crippen molar-refractivity contribution in [3.05, 3.63) is 52.6 Å². The summed E-state index contributed by atoms with van der Waals surface area (Å²) in [5, 5.41) is 14.4. The summed E-state index contributed by atoms with van der Waals surface area (Å²) in [6.07, 6.45) is 12.5. The van der Waals surface area contributed by atoms with Gasteiger partial charge in [0.15, 0.2) is 0 Å². The molecule has 0 bridgehead atoms. The van der Waals surface area contributed by atoms with Gasteiger partial charge in [-0.15, -0.1) is 0 Å². The van der Waals surface area contributed by atoms with Crippen LogP contribution in [0.15, 0.2) is 36.9 Å². The largest absolute Gasteiger partial charge is 0.349 e. The summed E-state index contributed by atoms with van der Waals surface area (Å²) in [5.74, 6) is -0.245. The second kappa shape index (κ2) is 7.92. The van der Waals surface area contributed by atoms with E-state index >= 15 is 0 Å². The maximum Gasteiger partial charge on any atom is 0.294 e. The van der Waals surface area contributed by atoms with Crippen molar-refractivity contribution in [2.24, 2.45) is 0 Å². The highest BCUT2D eigenvalue weighted by Gasteiger charge is 2.20. The SMILES string of the molecule is O=C(NC1CCCCCCC1)c1ccc(-n2ccnc2)c([N+](=O)[O-])c1. The molecule has 0 atom stereocenters. The van der Waals surface area contributed by atoms with Crippen LogP contribution in [0, 0.1) is 10.1 Å². The number of aromatic nitrogens is 2. The second-order valence-electron chi connectivity index (χ2n) is 6.45. The molecule has 1 saturated carbocycles. The molecule has 1 aliphatic carbocycles. The Labute approximate surface area is 146 Å². The van der Waals surface area contributed by atoms with Crippen molar-refractivity contribution in [3.63, 3.8) is 0 Å². The molecule has 0 aliphatic heterocycles. The molecule has 1 fully saturated rings. The summed E-state index contributed by atoms with van der Waals surface area (Å²) in [4.78, 5) is 27.4. The molecule has 1 aromatic heterocycles. The lowest BCUT2D eigenvalue weighted by Crippen LogP contribution is -2.35. The van der Waals surface area contributed by atoms with Crippen LogP contribution in [0.3, 0.4) is 0 Å². The van der Waals surface area contributed by atoms with E-state index in [1.165, 1.54) is 31.7 Å². The molecule has 1 aromatic carbocycles. The number of nitrogens with one attached hydrogen (secondary N) is 1. The van der Waals surface area contributed by atoms with E-state index < -0.39 is 4.92 Å². The Kier molecular flexibility index (Phi) is 5.42. The number of hydrogen-bond acceptors (Lipinski definition) is 4. The van der Waals surface area contributed by atoms with Crippen molar-refractivity contribution < 1.29 is 9.72 Å². The Morgan fingerprint density at radius 2 is 1.92 bits per heavy atom. The molecule has 3 rings (SSSR count). The number of benzene rings is 1. The van der Waals surface area contributed by atoms with Crippen molar-refractivity contribution in [2.75, 3.05) is 0 Å².